The van der Waals surface area contributed by atoms with E-state index in [1.165, 1.54) is 347 Å². The third-order valence-electron chi connectivity index (χ3n) is 18.5. The minimum Gasteiger partial charge on any atom is -0.462 e. The first-order valence-electron chi connectivity index (χ1n) is 40.5. The molecule has 0 aromatic carbocycles. The van der Waals surface area contributed by atoms with Gasteiger partial charge >= 0.3 is 11.9 Å². The van der Waals surface area contributed by atoms with Crippen molar-refractivity contribution < 1.29 is 24.2 Å². The van der Waals surface area contributed by atoms with Gasteiger partial charge in [-0.1, -0.05) is 414 Å². The monoisotopic (exact) mass is 1260 g/mol. The third kappa shape index (κ3) is 77.8. The molecule has 0 aromatic heterocycles. The highest BCUT2D eigenvalue weighted by molar-refractivity contribution is 5.70. The van der Waals surface area contributed by atoms with Crippen LogP contribution in [0.25, 0.3) is 0 Å². The van der Waals surface area contributed by atoms with Crippen molar-refractivity contribution >= 4 is 11.9 Å². The van der Waals surface area contributed by atoms with Gasteiger partial charge in [0, 0.05) is 12.8 Å². The molecule has 0 fully saturated rings. The lowest BCUT2D eigenvalue weighted by Gasteiger charge is -2.15. The number of esters is 2. The minimum absolute atomic E-state index is 0.0597. The van der Waals surface area contributed by atoms with Crippen LogP contribution in [-0.2, 0) is 19.1 Å². The van der Waals surface area contributed by atoms with Gasteiger partial charge in [0.05, 0.1) is 6.61 Å². The number of aliphatic hydroxyl groups is 1. The Morgan fingerprint density at radius 3 is 0.733 bits per heavy atom. The molecule has 0 amide bonds. The summed E-state index contributed by atoms with van der Waals surface area (Å²) in [5.74, 6) is -0.564. The number of carbonyl (C=O) groups excluding carboxylic acids is 2. The molecule has 0 aromatic rings. The molecule has 1 N–H and O–H groups in total. The molecule has 0 saturated heterocycles. The number of carbonyl (C=O) groups is 2. The van der Waals surface area contributed by atoms with Crippen LogP contribution in [0.4, 0.5) is 0 Å². The number of rotatable bonds is 76. The fourth-order valence-corrected chi connectivity index (χ4v) is 12.5. The van der Waals surface area contributed by atoms with Gasteiger partial charge in [0.15, 0.2) is 6.10 Å². The van der Waals surface area contributed by atoms with Crippen LogP contribution in [0.5, 0.6) is 0 Å². The van der Waals surface area contributed by atoms with Crippen molar-refractivity contribution in [2.24, 2.45) is 0 Å². The van der Waals surface area contributed by atoms with Crippen LogP contribution in [0, 0.1) is 0 Å². The molecule has 526 valence electrons. The topological polar surface area (TPSA) is 72.8 Å². The van der Waals surface area contributed by atoms with Gasteiger partial charge < -0.3 is 14.6 Å². The van der Waals surface area contributed by atoms with Crippen molar-refractivity contribution in [2.75, 3.05) is 13.2 Å². The average molecular weight is 1260 g/mol. The second kappa shape index (κ2) is 80.6. The highest BCUT2D eigenvalue weighted by Crippen LogP contribution is 2.20. The van der Waals surface area contributed by atoms with Crippen LogP contribution < -0.4 is 0 Å². The molecule has 0 aliphatic rings. The SMILES string of the molecule is CC/C=C\C/C=C\C/C=C\C/C=C\C/C=C\CCCCCCCCCCCCCCCCCCCCCCCCCCCC(=O)OC(CO)COC(=O)CCCCCCCCCCCCCCCCCCCCCCCCC/C=C\CCCCCCCCCC. The smallest absolute Gasteiger partial charge is 0.306 e. The molecule has 0 aliphatic carbocycles. The van der Waals surface area contributed by atoms with Crippen LogP contribution in [0.3, 0.4) is 0 Å². The zero-order chi connectivity index (χ0) is 64.7. The van der Waals surface area contributed by atoms with Crippen LogP contribution in [-0.4, -0.2) is 36.4 Å². The second-order valence-corrected chi connectivity index (χ2v) is 27.5. The first-order valence-corrected chi connectivity index (χ1v) is 40.5. The Morgan fingerprint density at radius 2 is 0.478 bits per heavy atom. The number of hydrogen-bond acceptors (Lipinski definition) is 5. The van der Waals surface area contributed by atoms with Crippen molar-refractivity contribution in [1.29, 1.82) is 0 Å². The lowest BCUT2D eigenvalue weighted by atomic mass is 10.0. The summed E-state index contributed by atoms with van der Waals surface area (Å²) in [7, 11) is 0. The Balaban J connectivity index is 3.37. The van der Waals surface area contributed by atoms with Crippen LogP contribution in [0.1, 0.15) is 438 Å². The van der Waals surface area contributed by atoms with Crippen LogP contribution >= 0.6 is 0 Å². The summed E-state index contributed by atoms with van der Waals surface area (Å²) >= 11 is 0. The summed E-state index contributed by atoms with van der Waals surface area (Å²) < 4.78 is 10.8. The first kappa shape index (κ1) is 87.3. The zero-order valence-corrected chi connectivity index (χ0v) is 60.7. The molecule has 0 saturated carbocycles. The molecule has 0 radical (unpaired) electrons. The molecule has 5 heteroatoms. The maximum absolute atomic E-state index is 12.4. The first-order chi connectivity index (χ1) is 44.6. The van der Waals surface area contributed by atoms with E-state index in [0.29, 0.717) is 12.8 Å². The molecule has 0 rings (SSSR count). The van der Waals surface area contributed by atoms with Gasteiger partial charge in [-0.3, -0.25) is 9.59 Å². The predicted molar refractivity (Wildman–Crippen MR) is 399 cm³/mol. The summed E-state index contributed by atoms with van der Waals surface area (Å²) in [4.78, 5) is 24.7. The average Bonchev–Trinajstić information content (AvgIpc) is 3.60. The summed E-state index contributed by atoms with van der Waals surface area (Å²) in [6, 6.07) is 0. The Bertz CT molecular complexity index is 1570. The van der Waals surface area contributed by atoms with E-state index in [1.54, 1.807) is 0 Å². The molecule has 90 heavy (non-hydrogen) atoms. The molecular formula is C85H156O5. The van der Waals surface area contributed by atoms with E-state index >= 15 is 0 Å². The summed E-state index contributed by atoms with van der Waals surface area (Å²) in [5, 5.41) is 9.73. The van der Waals surface area contributed by atoms with Gasteiger partial charge in [0.1, 0.15) is 6.61 Å². The number of allylic oxidation sites excluding steroid dienone is 12. The Hall–Kier alpha value is -2.66. The van der Waals surface area contributed by atoms with Crippen molar-refractivity contribution in [2.45, 2.75) is 444 Å². The second-order valence-electron chi connectivity index (χ2n) is 27.5. The van der Waals surface area contributed by atoms with E-state index < -0.39 is 6.10 Å². The number of ether oxygens (including phenoxy) is 2. The maximum atomic E-state index is 12.4. The Morgan fingerprint density at radius 1 is 0.267 bits per heavy atom. The number of hydrogen-bond donors (Lipinski definition) is 1. The largest absolute Gasteiger partial charge is 0.462 e. The molecule has 0 aliphatic heterocycles. The molecule has 0 spiro atoms. The summed E-state index contributed by atoms with van der Waals surface area (Å²) in [6.45, 7) is 4.09. The van der Waals surface area contributed by atoms with Crippen LogP contribution in [0.2, 0.25) is 0 Å². The van der Waals surface area contributed by atoms with Gasteiger partial charge in [-0.2, -0.15) is 0 Å². The van der Waals surface area contributed by atoms with Gasteiger partial charge in [-0.05, 0) is 83.5 Å². The van der Waals surface area contributed by atoms with Gasteiger partial charge in [0.25, 0.3) is 0 Å². The van der Waals surface area contributed by atoms with Crippen molar-refractivity contribution in [3.05, 3.63) is 72.9 Å². The molecule has 1 atom stereocenters. The van der Waals surface area contributed by atoms with Gasteiger partial charge in [0.2, 0.25) is 0 Å². The molecule has 0 heterocycles. The molecule has 1 unspecified atom stereocenters. The molecule has 5 nitrogen and oxygen atoms in total. The Labute approximate surface area is 563 Å². The van der Waals surface area contributed by atoms with E-state index in [4.69, 9.17) is 9.47 Å². The highest BCUT2D eigenvalue weighted by atomic mass is 16.6. The fourth-order valence-electron chi connectivity index (χ4n) is 12.5. The third-order valence-corrected chi connectivity index (χ3v) is 18.5. The number of aliphatic hydroxyl groups excluding tert-OH is 1. The highest BCUT2D eigenvalue weighted by Gasteiger charge is 2.16. The van der Waals surface area contributed by atoms with E-state index in [0.717, 1.165) is 64.2 Å². The van der Waals surface area contributed by atoms with Gasteiger partial charge in [-0.15, -0.1) is 0 Å². The van der Waals surface area contributed by atoms with E-state index in [2.05, 4.69) is 86.8 Å². The molecular weight excluding hydrogens is 1100 g/mol. The van der Waals surface area contributed by atoms with E-state index in [-0.39, 0.29) is 25.2 Å². The standard InChI is InChI=1S/C85H156O5/c1-3-5-7-9-11-13-15-17-19-21-23-25-27-29-31-33-35-37-39-40-41-42-43-44-46-48-50-52-54-56-58-60-62-64-66-68-70-72-74-76-78-80-85(88)90-83(81-86)82-89-84(87)79-77-75-73-71-69-67-65-63-61-59-57-55-53-51-49-47-45-38-36-34-32-30-28-26-24-22-20-18-16-14-12-10-8-6-4-2/h5,7,11,13,17,19,22-25,29,31,83,86H,3-4,6,8-10,12,14-16,18,20-21,26-28,30,32-82H2,1-2H3/b7-5-,13-11-,19-17-,24-22-,25-23-,31-29-. The van der Waals surface area contributed by atoms with Crippen LogP contribution in [0.15, 0.2) is 72.9 Å². The predicted octanol–water partition coefficient (Wildman–Crippen LogP) is 28.6. The van der Waals surface area contributed by atoms with Crippen molar-refractivity contribution in [3.8, 4) is 0 Å². The summed E-state index contributed by atoms with van der Waals surface area (Å²) in [6.07, 6.45) is 113. The zero-order valence-electron chi connectivity index (χ0n) is 60.7. The van der Waals surface area contributed by atoms with E-state index in [1.807, 2.05) is 0 Å². The maximum Gasteiger partial charge on any atom is 0.306 e. The fraction of sp³-hybridized carbons (Fsp3) is 0.835. The lowest BCUT2D eigenvalue weighted by molar-refractivity contribution is -0.161. The van der Waals surface area contributed by atoms with Gasteiger partial charge in [-0.25, -0.2) is 0 Å². The summed E-state index contributed by atoms with van der Waals surface area (Å²) in [5.41, 5.74) is 0. The molecule has 0 bridgehead atoms. The normalized spacial score (nSPS) is 12.5. The lowest BCUT2D eigenvalue weighted by Crippen LogP contribution is -2.28. The number of unbranched alkanes of at least 4 members (excludes halogenated alkanes) is 56. The quantitative estimate of drug-likeness (QED) is 0.0373. The minimum atomic E-state index is -0.772. The van der Waals surface area contributed by atoms with E-state index in [9.17, 15) is 14.7 Å². The Kier molecular flexibility index (Phi) is 78.2. The van der Waals surface area contributed by atoms with Crippen molar-refractivity contribution in [3.63, 3.8) is 0 Å². The van der Waals surface area contributed by atoms with Crippen molar-refractivity contribution in [1.82, 2.24) is 0 Å².